The van der Waals surface area contributed by atoms with E-state index < -0.39 is 6.09 Å². The number of thiazole rings is 1. The van der Waals surface area contributed by atoms with Crippen LogP contribution in [0.1, 0.15) is 11.4 Å². The summed E-state index contributed by atoms with van der Waals surface area (Å²) in [5.74, 6) is 0.771. The zero-order valence-electron chi connectivity index (χ0n) is 12.2. The minimum absolute atomic E-state index is 0.153. The molecule has 0 aliphatic carbocycles. The van der Waals surface area contributed by atoms with Gasteiger partial charge in [0.2, 0.25) is 0 Å². The molecular weight excluding hydrogens is 316 g/mol. The SMILES string of the molecule is O=C1NCCCOc2ccc3[nH]nc(c3c2)-c2csc(n2)CO1. The van der Waals surface area contributed by atoms with Gasteiger partial charge in [0.25, 0.3) is 0 Å². The number of nitrogens with zero attached hydrogens (tertiary/aromatic N) is 2. The summed E-state index contributed by atoms with van der Waals surface area (Å²) in [6.45, 7) is 1.17. The number of carbonyl (C=O) groups is 1. The number of benzene rings is 1. The Kier molecular flexibility index (Phi) is 3.58. The van der Waals surface area contributed by atoms with Gasteiger partial charge in [-0.3, -0.25) is 5.10 Å². The third kappa shape index (κ3) is 2.85. The summed E-state index contributed by atoms with van der Waals surface area (Å²) in [7, 11) is 0. The van der Waals surface area contributed by atoms with E-state index >= 15 is 0 Å². The van der Waals surface area contributed by atoms with Crippen LogP contribution in [0.25, 0.3) is 22.3 Å². The van der Waals surface area contributed by atoms with Crippen LogP contribution in [0.2, 0.25) is 0 Å². The van der Waals surface area contributed by atoms with E-state index in [0.29, 0.717) is 19.6 Å². The molecule has 1 aliphatic rings. The highest BCUT2D eigenvalue weighted by atomic mass is 32.1. The topological polar surface area (TPSA) is 89.1 Å². The summed E-state index contributed by atoms with van der Waals surface area (Å²) in [5.41, 5.74) is 2.46. The highest BCUT2D eigenvalue weighted by Gasteiger charge is 2.14. The summed E-state index contributed by atoms with van der Waals surface area (Å²) in [6, 6.07) is 5.80. The second-order valence-corrected chi connectivity index (χ2v) is 6.05. The summed E-state index contributed by atoms with van der Waals surface area (Å²) in [5, 5.41) is 13.6. The van der Waals surface area contributed by atoms with Gasteiger partial charge >= 0.3 is 6.09 Å². The molecule has 3 heterocycles. The van der Waals surface area contributed by atoms with E-state index in [9.17, 15) is 4.79 Å². The van der Waals surface area contributed by atoms with Gasteiger partial charge in [-0.25, -0.2) is 9.78 Å². The number of carbonyl (C=O) groups excluding carboxylic acids is 1. The molecule has 8 heteroatoms. The van der Waals surface area contributed by atoms with Gasteiger partial charge in [0.05, 0.1) is 12.1 Å². The predicted octanol–water partition coefficient (Wildman–Crippen LogP) is 2.70. The molecule has 0 saturated heterocycles. The molecule has 118 valence electrons. The van der Waals surface area contributed by atoms with Crippen LogP contribution in [-0.2, 0) is 11.3 Å². The summed E-state index contributed by atoms with van der Waals surface area (Å²) < 4.78 is 10.9. The Morgan fingerprint density at radius 3 is 3.17 bits per heavy atom. The number of alkyl carbamates (subject to hydrolysis) is 1. The summed E-state index contributed by atoms with van der Waals surface area (Å²) in [4.78, 5) is 16.1. The van der Waals surface area contributed by atoms with Crippen LogP contribution < -0.4 is 10.1 Å². The maximum atomic E-state index is 11.6. The van der Waals surface area contributed by atoms with Crippen LogP contribution in [0.4, 0.5) is 4.79 Å². The number of hydrogen-bond acceptors (Lipinski definition) is 6. The summed E-state index contributed by atoms with van der Waals surface area (Å²) >= 11 is 1.44. The Labute approximate surface area is 135 Å². The lowest BCUT2D eigenvalue weighted by molar-refractivity contribution is 0.139. The van der Waals surface area contributed by atoms with Crippen LogP contribution in [-0.4, -0.2) is 34.4 Å². The Hall–Kier alpha value is -2.61. The molecule has 2 N–H and O–H groups in total. The molecule has 0 atom stereocenters. The number of rotatable bonds is 0. The molecule has 7 nitrogen and oxygen atoms in total. The van der Waals surface area contributed by atoms with Gasteiger partial charge in [-0.15, -0.1) is 11.3 Å². The van der Waals surface area contributed by atoms with E-state index in [4.69, 9.17) is 9.47 Å². The van der Waals surface area contributed by atoms with Gasteiger partial charge in [-0.1, -0.05) is 0 Å². The minimum Gasteiger partial charge on any atom is -0.494 e. The average molecular weight is 330 g/mol. The number of fused-ring (bicyclic) bond motifs is 4. The molecule has 1 amide bonds. The number of hydrogen-bond donors (Lipinski definition) is 2. The normalized spacial score (nSPS) is 15.4. The molecular formula is C15H14N4O3S. The van der Waals surface area contributed by atoms with Crippen LogP contribution in [0.15, 0.2) is 23.6 Å². The zero-order valence-corrected chi connectivity index (χ0v) is 13.0. The van der Waals surface area contributed by atoms with Crippen molar-refractivity contribution in [1.29, 1.82) is 0 Å². The van der Waals surface area contributed by atoms with Crippen molar-refractivity contribution in [3.63, 3.8) is 0 Å². The van der Waals surface area contributed by atoms with Crippen LogP contribution in [0.3, 0.4) is 0 Å². The van der Waals surface area contributed by atoms with Crippen molar-refractivity contribution >= 4 is 28.3 Å². The number of amides is 1. The first-order valence-corrected chi connectivity index (χ1v) is 8.14. The fourth-order valence-corrected chi connectivity index (χ4v) is 3.09. The Morgan fingerprint density at radius 1 is 1.26 bits per heavy atom. The quantitative estimate of drug-likeness (QED) is 0.661. The van der Waals surface area contributed by atoms with Crippen LogP contribution in [0.5, 0.6) is 5.75 Å². The van der Waals surface area contributed by atoms with Crippen LogP contribution >= 0.6 is 11.3 Å². The number of H-pyrrole nitrogens is 1. The molecule has 0 unspecified atom stereocenters. The largest absolute Gasteiger partial charge is 0.494 e. The van der Waals surface area contributed by atoms with Crippen molar-refractivity contribution in [1.82, 2.24) is 20.5 Å². The van der Waals surface area contributed by atoms with Crippen molar-refractivity contribution in [2.75, 3.05) is 13.2 Å². The second-order valence-electron chi connectivity index (χ2n) is 5.11. The highest BCUT2D eigenvalue weighted by molar-refractivity contribution is 7.09. The van der Waals surface area contributed by atoms with E-state index in [1.165, 1.54) is 11.3 Å². The van der Waals surface area contributed by atoms with Gasteiger partial charge in [0.1, 0.15) is 28.8 Å². The number of ether oxygens (including phenoxy) is 2. The third-order valence-electron chi connectivity index (χ3n) is 3.51. The Balaban J connectivity index is 1.75. The molecule has 0 spiro atoms. The molecule has 0 saturated carbocycles. The van der Waals surface area contributed by atoms with Gasteiger partial charge < -0.3 is 14.8 Å². The lowest BCUT2D eigenvalue weighted by Crippen LogP contribution is -2.26. The Bertz CT molecular complexity index is 857. The fourth-order valence-electron chi connectivity index (χ4n) is 2.40. The Morgan fingerprint density at radius 2 is 2.22 bits per heavy atom. The van der Waals surface area contributed by atoms with Crippen molar-refractivity contribution in [3.8, 4) is 17.1 Å². The smallest absolute Gasteiger partial charge is 0.407 e. The van der Waals surface area contributed by atoms with Crippen molar-refractivity contribution in [2.24, 2.45) is 0 Å². The van der Waals surface area contributed by atoms with E-state index in [2.05, 4.69) is 20.5 Å². The van der Waals surface area contributed by atoms with Gasteiger partial charge in [0, 0.05) is 17.3 Å². The molecule has 4 bridgehead atoms. The lowest BCUT2D eigenvalue weighted by Gasteiger charge is -2.07. The van der Waals surface area contributed by atoms with Crippen LogP contribution in [0, 0.1) is 0 Å². The molecule has 2 aromatic heterocycles. The molecule has 1 aromatic carbocycles. The monoisotopic (exact) mass is 330 g/mol. The minimum atomic E-state index is -0.445. The first-order valence-electron chi connectivity index (χ1n) is 7.26. The first kappa shape index (κ1) is 14.0. The maximum Gasteiger partial charge on any atom is 0.407 e. The second kappa shape index (κ2) is 5.88. The van der Waals surface area contributed by atoms with Crippen molar-refractivity contribution < 1.29 is 14.3 Å². The zero-order chi connectivity index (χ0) is 15.6. The van der Waals surface area contributed by atoms with Gasteiger partial charge in [-0.05, 0) is 24.6 Å². The first-order chi connectivity index (χ1) is 11.3. The molecule has 4 rings (SSSR count). The van der Waals surface area contributed by atoms with Crippen molar-refractivity contribution in [2.45, 2.75) is 13.0 Å². The average Bonchev–Trinajstić information content (AvgIpc) is 3.17. The number of aromatic nitrogens is 3. The predicted molar refractivity (Wildman–Crippen MR) is 85.5 cm³/mol. The lowest BCUT2D eigenvalue weighted by atomic mass is 10.1. The fraction of sp³-hybridized carbons (Fsp3) is 0.267. The maximum absolute atomic E-state index is 11.6. The van der Waals surface area contributed by atoms with Gasteiger partial charge in [-0.2, -0.15) is 5.10 Å². The van der Waals surface area contributed by atoms with Gasteiger partial charge in [0.15, 0.2) is 0 Å². The standard InChI is InChI=1S/C15H14N4O3S/c20-15-16-4-1-5-21-9-2-3-11-10(6-9)14(19-18-11)12-8-23-13(17-12)7-22-15/h2-3,6,8H,1,4-5,7H2,(H,16,20)(H,18,19). The number of nitrogens with one attached hydrogen (secondary N) is 2. The summed E-state index contributed by atoms with van der Waals surface area (Å²) in [6.07, 6.45) is 0.256. The van der Waals surface area contributed by atoms with E-state index in [1.54, 1.807) is 0 Å². The molecule has 1 aliphatic heterocycles. The van der Waals surface area contributed by atoms with Crippen molar-refractivity contribution in [3.05, 3.63) is 28.6 Å². The number of aromatic amines is 1. The molecule has 0 radical (unpaired) electrons. The van der Waals surface area contributed by atoms with E-state index in [-0.39, 0.29) is 6.61 Å². The number of cyclic esters (lactones) is 1. The van der Waals surface area contributed by atoms with E-state index in [1.807, 2.05) is 23.6 Å². The molecule has 23 heavy (non-hydrogen) atoms. The molecule has 3 aromatic rings. The highest BCUT2D eigenvalue weighted by Crippen LogP contribution is 2.30. The molecule has 0 fully saturated rings. The third-order valence-corrected chi connectivity index (χ3v) is 4.34. The van der Waals surface area contributed by atoms with E-state index in [0.717, 1.165) is 33.0 Å².